The smallest absolute Gasteiger partial charge is 0.325 e. The van der Waals surface area contributed by atoms with Gasteiger partial charge in [-0.3, -0.25) is 9.69 Å². The highest BCUT2D eigenvalue weighted by atomic mass is 16.5. The number of hydrogen-bond donors (Lipinski definition) is 0. The van der Waals surface area contributed by atoms with Crippen LogP contribution in [0.2, 0.25) is 0 Å². The molecule has 4 rings (SSSR count). The summed E-state index contributed by atoms with van der Waals surface area (Å²) in [6.45, 7) is 2.23. The van der Waals surface area contributed by atoms with Crippen LogP contribution >= 0.6 is 0 Å². The number of carbonyl (C=O) groups excluding carboxylic acids is 2. The summed E-state index contributed by atoms with van der Waals surface area (Å²) in [5.41, 5.74) is 0.722. The SMILES string of the molecule is COc1ccccc1N1CCN(CC(=O)N2CCC(Oc3ccccn3)C2)C1=O. The molecule has 29 heavy (non-hydrogen) atoms. The highest BCUT2D eigenvalue weighted by molar-refractivity contribution is 5.97. The van der Waals surface area contributed by atoms with Crippen LogP contribution in [-0.4, -0.2) is 72.7 Å². The highest BCUT2D eigenvalue weighted by Gasteiger charge is 2.35. The molecule has 0 spiro atoms. The van der Waals surface area contributed by atoms with Gasteiger partial charge in [-0.2, -0.15) is 0 Å². The summed E-state index contributed by atoms with van der Waals surface area (Å²) in [6.07, 6.45) is 2.36. The number of para-hydroxylation sites is 2. The number of hydrogen-bond acceptors (Lipinski definition) is 5. The van der Waals surface area contributed by atoms with Gasteiger partial charge in [0.25, 0.3) is 0 Å². The number of pyridine rings is 1. The van der Waals surface area contributed by atoms with Gasteiger partial charge in [0.15, 0.2) is 0 Å². The number of aromatic nitrogens is 1. The van der Waals surface area contributed by atoms with Crippen LogP contribution in [0.5, 0.6) is 11.6 Å². The van der Waals surface area contributed by atoms with E-state index in [1.54, 1.807) is 34.1 Å². The van der Waals surface area contributed by atoms with Crippen LogP contribution in [-0.2, 0) is 4.79 Å². The van der Waals surface area contributed by atoms with Crippen molar-refractivity contribution in [1.82, 2.24) is 14.8 Å². The Labute approximate surface area is 169 Å². The quantitative estimate of drug-likeness (QED) is 0.747. The van der Waals surface area contributed by atoms with Crippen molar-refractivity contribution < 1.29 is 19.1 Å². The van der Waals surface area contributed by atoms with Crippen LogP contribution in [0, 0.1) is 0 Å². The second kappa shape index (κ2) is 8.38. The van der Waals surface area contributed by atoms with Crippen molar-refractivity contribution in [3.8, 4) is 11.6 Å². The van der Waals surface area contributed by atoms with Crippen molar-refractivity contribution in [3.63, 3.8) is 0 Å². The molecule has 2 saturated heterocycles. The molecule has 8 heteroatoms. The zero-order valence-electron chi connectivity index (χ0n) is 16.4. The number of methoxy groups -OCH3 is 1. The maximum Gasteiger partial charge on any atom is 0.325 e. The van der Waals surface area contributed by atoms with E-state index in [2.05, 4.69) is 4.98 Å². The fourth-order valence-electron chi connectivity index (χ4n) is 3.71. The van der Waals surface area contributed by atoms with Gasteiger partial charge in [-0.25, -0.2) is 9.78 Å². The van der Waals surface area contributed by atoms with E-state index in [0.29, 0.717) is 37.8 Å². The van der Waals surface area contributed by atoms with E-state index in [1.807, 2.05) is 36.4 Å². The molecule has 0 saturated carbocycles. The second-order valence-electron chi connectivity index (χ2n) is 7.06. The predicted molar refractivity (Wildman–Crippen MR) is 107 cm³/mol. The van der Waals surface area contributed by atoms with E-state index >= 15 is 0 Å². The molecule has 1 aromatic carbocycles. The molecule has 0 N–H and O–H groups in total. The number of rotatable bonds is 6. The standard InChI is InChI=1S/C21H24N4O4/c1-28-18-7-3-2-6-17(18)25-13-12-24(21(25)27)15-20(26)23-11-9-16(14-23)29-19-8-4-5-10-22-19/h2-8,10,16H,9,11-15H2,1H3. The predicted octanol–water partition coefficient (Wildman–Crippen LogP) is 2.01. The molecule has 1 atom stereocenters. The summed E-state index contributed by atoms with van der Waals surface area (Å²) in [6, 6.07) is 12.7. The first kappa shape index (κ1) is 19.0. The fourth-order valence-corrected chi connectivity index (χ4v) is 3.71. The van der Waals surface area contributed by atoms with Crippen molar-refractivity contribution in [2.75, 3.05) is 44.7 Å². The Kier molecular flexibility index (Phi) is 5.50. The van der Waals surface area contributed by atoms with Gasteiger partial charge in [0, 0.05) is 38.3 Å². The first-order chi connectivity index (χ1) is 14.2. The number of likely N-dealkylation sites (tertiary alicyclic amines) is 1. The number of carbonyl (C=O) groups is 2. The second-order valence-corrected chi connectivity index (χ2v) is 7.06. The van der Waals surface area contributed by atoms with Gasteiger partial charge < -0.3 is 19.3 Å². The molecule has 3 heterocycles. The summed E-state index contributed by atoms with van der Waals surface area (Å²) in [5.74, 6) is 1.14. The van der Waals surface area contributed by atoms with E-state index in [-0.39, 0.29) is 24.6 Å². The maximum atomic E-state index is 12.8. The van der Waals surface area contributed by atoms with E-state index in [0.717, 1.165) is 12.1 Å². The summed E-state index contributed by atoms with van der Waals surface area (Å²) in [7, 11) is 1.58. The minimum absolute atomic E-state index is 0.0626. The van der Waals surface area contributed by atoms with Gasteiger partial charge in [0.1, 0.15) is 18.4 Å². The molecule has 2 aliphatic rings. The number of urea groups is 1. The average Bonchev–Trinajstić information content (AvgIpc) is 3.36. The maximum absolute atomic E-state index is 12.8. The first-order valence-electron chi connectivity index (χ1n) is 9.70. The number of anilines is 1. The summed E-state index contributed by atoms with van der Waals surface area (Å²) in [5, 5.41) is 0. The third-order valence-electron chi connectivity index (χ3n) is 5.22. The Morgan fingerprint density at radius 2 is 1.97 bits per heavy atom. The van der Waals surface area contributed by atoms with Gasteiger partial charge >= 0.3 is 6.03 Å². The van der Waals surface area contributed by atoms with Crippen LogP contribution in [0.3, 0.4) is 0 Å². The molecule has 1 aromatic heterocycles. The molecule has 8 nitrogen and oxygen atoms in total. The molecule has 2 aliphatic heterocycles. The topological polar surface area (TPSA) is 75.2 Å². The van der Waals surface area contributed by atoms with Crippen molar-refractivity contribution >= 4 is 17.6 Å². The van der Waals surface area contributed by atoms with E-state index < -0.39 is 0 Å². The molecule has 0 radical (unpaired) electrons. The molecular weight excluding hydrogens is 372 g/mol. The minimum atomic E-state index is -0.177. The van der Waals surface area contributed by atoms with Crippen LogP contribution in [0.1, 0.15) is 6.42 Å². The monoisotopic (exact) mass is 396 g/mol. The Hall–Kier alpha value is -3.29. The molecule has 1 unspecified atom stereocenters. The molecule has 0 bridgehead atoms. The third-order valence-corrected chi connectivity index (χ3v) is 5.22. The molecule has 0 aliphatic carbocycles. The number of nitrogens with zero attached hydrogens (tertiary/aromatic N) is 4. The first-order valence-corrected chi connectivity index (χ1v) is 9.70. The number of amides is 3. The van der Waals surface area contributed by atoms with Crippen LogP contribution in [0.4, 0.5) is 10.5 Å². The van der Waals surface area contributed by atoms with Gasteiger partial charge in [-0.15, -0.1) is 0 Å². The van der Waals surface area contributed by atoms with Gasteiger partial charge in [0.2, 0.25) is 11.8 Å². The van der Waals surface area contributed by atoms with Gasteiger partial charge in [0.05, 0.1) is 19.3 Å². The summed E-state index contributed by atoms with van der Waals surface area (Å²) in [4.78, 5) is 34.7. The third kappa shape index (κ3) is 4.11. The number of benzene rings is 1. The lowest BCUT2D eigenvalue weighted by Gasteiger charge is -2.22. The van der Waals surface area contributed by atoms with Crippen LogP contribution in [0.25, 0.3) is 0 Å². The highest BCUT2D eigenvalue weighted by Crippen LogP contribution is 2.30. The van der Waals surface area contributed by atoms with E-state index in [9.17, 15) is 9.59 Å². The molecule has 2 aromatic rings. The molecular formula is C21H24N4O4. The Morgan fingerprint density at radius 3 is 2.76 bits per heavy atom. The lowest BCUT2D eigenvalue weighted by molar-refractivity contribution is -0.130. The largest absolute Gasteiger partial charge is 0.495 e. The molecule has 3 amide bonds. The Morgan fingerprint density at radius 1 is 1.14 bits per heavy atom. The lowest BCUT2D eigenvalue weighted by Crippen LogP contribution is -2.42. The van der Waals surface area contributed by atoms with Gasteiger partial charge in [-0.05, 0) is 18.2 Å². The van der Waals surface area contributed by atoms with E-state index in [4.69, 9.17) is 9.47 Å². The fraction of sp³-hybridized carbons (Fsp3) is 0.381. The number of ether oxygens (including phenoxy) is 2. The Bertz CT molecular complexity index is 876. The van der Waals surface area contributed by atoms with Crippen LogP contribution < -0.4 is 14.4 Å². The van der Waals surface area contributed by atoms with Crippen molar-refractivity contribution in [2.24, 2.45) is 0 Å². The lowest BCUT2D eigenvalue weighted by atomic mass is 10.2. The minimum Gasteiger partial charge on any atom is -0.495 e. The van der Waals surface area contributed by atoms with Crippen molar-refractivity contribution in [2.45, 2.75) is 12.5 Å². The summed E-state index contributed by atoms with van der Waals surface area (Å²) >= 11 is 0. The average molecular weight is 396 g/mol. The molecule has 2 fully saturated rings. The van der Waals surface area contributed by atoms with Crippen molar-refractivity contribution in [3.05, 3.63) is 48.7 Å². The van der Waals surface area contributed by atoms with Gasteiger partial charge in [-0.1, -0.05) is 18.2 Å². The zero-order chi connectivity index (χ0) is 20.2. The molecule has 152 valence electrons. The summed E-state index contributed by atoms with van der Waals surface area (Å²) < 4.78 is 11.2. The zero-order valence-corrected chi connectivity index (χ0v) is 16.4. The normalized spacial score (nSPS) is 19.0. The van der Waals surface area contributed by atoms with Crippen molar-refractivity contribution in [1.29, 1.82) is 0 Å². The Balaban J connectivity index is 1.33. The van der Waals surface area contributed by atoms with Crippen LogP contribution in [0.15, 0.2) is 48.7 Å². The van der Waals surface area contributed by atoms with E-state index in [1.165, 1.54) is 0 Å².